The Morgan fingerprint density at radius 1 is 1.30 bits per heavy atom. The van der Waals surface area contributed by atoms with Crippen LogP contribution in [0.4, 0.5) is 17.1 Å². The number of nitrogens with zero attached hydrogens (tertiary/aromatic N) is 2. The molecule has 0 unspecified atom stereocenters. The molecule has 0 saturated carbocycles. The zero-order chi connectivity index (χ0) is 14.7. The second-order valence-electron chi connectivity index (χ2n) is 4.82. The topological polar surface area (TPSA) is 71.2 Å². The lowest BCUT2D eigenvalue weighted by atomic mass is 10.1. The Morgan fingerprint density at radius 3 is 2.70 bits per heavy atom. The van der Waals surface area contributed by atoms with E-state index >= 15 is 0 Å². The van der Waals surface area contributed by atoms with E-state index < -0.39 is 0 Å². The summed E-state index contributed by atoms with van der Waals surface area (Å²) in [6.45, 7) is 1.90. The number of amides is 1. The van der Waals surface area contributed by atoms with Crippen molar-refractivity contribution in [1.29, 1.82) is 0 Å². The highest BCUT2D eigenvalue weighted by Crippen LogP contribution is 2.23. The molecule has 0 radical (unpaired) electrons. The van der Waals surface area contributed by atoms with Crippen molar-refractivity contribution in [2.24, 2.45) is 0 Å². The SMILES string of the molecule is Cc1cnccc1NC(=O)c1cc(N)ccc1N(C)C. The van der Waals surface area contributed by atoms with Crippen LogP contribution < -0.4 is 16.0 Å². The van der Waals surface area contributed by atoms with Crippen LogP contribution in [-0.2, 0) is 0 Å². The van der Waals surface area contributed by atoms with E-state index in [9.17, 15) is 4.79 Å². The van der Waals surface area contributed by atoms with Gasteiger partial charge >= 0.3 is 0 Å². The highest BCUT2D eigenvalue weighted by molar-refractivity contribution is 6.09. The number of aromatic nitrogens is 1. The molecule has 1 heterocycles. The Hall–Kier alpha value is -2.56. The van der Waals surface area contributed by atoms with Gasteiger partial charge in [0.15, 0.2) is 0 Å². The minimum atomic E-state index is -0.185. The Bertz CT molecular complexity index is 638. The Balaban J connectivity index is 2.34. The quantitative estimate of drug-likeness (QED) is 0.839. The zero-order valence-electron chi connectivity index (χ0n) is 11.8. The maximum atomic E-state index is 12.4. The van der Waals surface area contributed by atoms with E-state index in [-0.39, 0.29) is 5.91 Å². The van der Waals surface area contributed by atoms with Crippen molar-refractivity contribution < 1.29 is 4.79 Å². The predicted octanol–water partition coefficient (Wildman–Crippen LogP) is 2.29. The van der Waals surface area contributed by atoms with Crippen LogP contribution in [-0.4, -0.2) is 25.0 Å². The first-order chi connectivity index (χ1) is 9.49. The Labute approximate surface area is 118 Å². The Kier molecular flexibility index (Phi) is 3.89. The molecule has 0 aliphatic heterocycles. The van der Waals surface area contributed by atoms with Crippen LogP contribution in [0, 0.1) is 6.92 Å². The molecule has 104 valence electrons. The molecule has 0 fully saturated rings. The van der Waals surface area contributed by atoms with Crippen LogP contribution in [0.5, 0.6) is 0 Å². The minimum Gasteiger partial charge on any atom is -0.399 e. The summed E-state index contributed by atoms with van der Waals surface area (Å²) < 4.78 is 0. The summed E-state index contributed by atoms with van der Waals surface area (Å²) in [5.74, 6) is -0.185. The highest BCUT2D eigenvalue weighted by Gasteiger charge is 2.14. The largest absolute Gasteiger partial charge is 0.399 e. The van der Waals surface area contributed by atoms with Gasteiger partial charge in [-0.2, -0.15) is 0 Å². The summed E-state index contributed by atoms with van der Waals surface area (Å²) in [6, 6.07) is 7.07. The molecule has 0 spiro atoms. The monoisotopic (exact) mass is 270 g/mol. The van der Waals surface area contributed by atoms with Crippen molar-refractivity contribution in [3.63, 3.8) is 0 Å². The molecule has 2 rings (SSSR count). The average molecular weight is 270 g/mol. The normalized spacial score (nSPS) is 10.2. The van der Waals surface area contributed by atoms with Crippen molar-refractivity contribution in [1.82, 2.24) is 4.98 Å². The molecule has 0 atom stereocenters. The van der Waals surface area contributed by atoms with Gasteiger partial charge in [0.1, 0.15) is 0 Å². The molecular formula is C15H18N4O. The standard InChI is InChI=1S/C15H18N4O/c1-10-9-17-7-6-13(10)18-15(20)12-8-11(16)4-5-14(12)19(2)3/h4-9H,16H2,1-3H3,(H,17,18,20). The lowest BCUT2D eigenvalue weighted by Crippen LogP contribution is -2.19. The summed E-state index contributed by atoms with van der Waals surface area (Å²) in [5.41, 5.74) is 9.37. The first-order valence-electron chi connectivity index (χ1n) is 6.28. The van der Waals surface area contributed by atoms with Gasteiger partial charge in [0.25, 0.3) is 5.91 Å². The third kappa shape index (κ3) is 2.88. The van der Waals surface area contributed by atoms with Gasteiger partial charge in [0, 0.05) is 43.6 Å². The lowest BCUT2D eigenvalue weighted by Gasteiger charge is -2.18. The van der Waals surface area contributed by atoms with Crippen LogP contribution in [0.1, 0.15) is 15.9 Å². The Morgan fingerprint density at radius 2 is 2.05 bits per heavy atom. The number of benzene rings is 1. The van der Waals surface area contributed by atoms with Crippen LogP contribution in [0.25, 0.3) is 0 Å². The molecule has 1 aromatic heterocycles. The van der Waals surface area contributed by atoms with E-state index in [0.29, 0.717) is 11.3 Å². The van der Waals surface area contributed by atoms with E-state index in [0.717, 1.165) is 16.9 Å². The molecule has 1 aromatic carbocycles. The summed E-state index contributed by atoms with van der Waals surface area (Å²) in [6.07, 6.45) is 3.36. The fraction of sp³-hybridized carbons (Fsp3) is 0.200. The van der Waals surface area contributed by atoms with E-state index in [4.69, 9.17) is 5.73 Å². The van der Waals surface area contributed by atoms with Crippen molar-refractivity contribution in [2.45, 2.75) is 6.92 Å². The summed E-state index contributed by atoms with van der Waals surface area (Å²) in [4.78, 5) is 18.3. The smallest absolute Gasteiger partial charge is 0.257 e. The van der Waals surface area contributed by atoms with Crippen molar-refractivity contribution >= 4 is 23.0 Å². The third-order valence-electron chi connectivity index (χ3n) is 3.02. The number of aryl methyl sites for hydroxylation is 1. The molecule has 0 bridgehead atoms. The maximum Gasteiger partial charge on any atom is 0.257 e. The second-order valence-corrected chi connectivity index (χ2v) is 4.82. The molecule has 0 saturated heterocycles. The van der Waals surface area contributed by atoms with Crippen LogP contribution in [0.3, 0.4) is 0 Å². The van der Waals surface area contributed by atoms with Gasteiger partial charge in [-0.25, -0.2) is 0 Å². The third-order valence-corrected chi connectivity index (χ3v) is 3.02. The number of hydrogen-bond acceptors (Lipinski definition) is 4. The number of carbonyl (C=O) groups excluding carboxylic acids is 1. The predicted molar refractivity (Wildman–Crippen MR) is 82.1 cm³/mol. The van der Waals surface area contributed by atoms with Crippen molar-refractivity contribution in [3.8, 4) is 0 Å². The van der Waals surface area contributed by atoms with Gasteiger partial charge < -0.3 is 16.0 Å². The van der Waals surface area contributed by atoms with Crippen LogP contribution >= 0.6 is 0 Å². The number of nitrogen functional groups attached to an aromatic ring is 1. The number of carbonyl (C=O) groups is 1. The number of pyridine rings is 1. The van der Waals surface area contributed by atoms with E-state index in [1.807, 2.05) is 32.0 Å². The number of rotatable bonds is 3. The number of nitrogens with two attached hydrogens (primary N) is 1. The number of anilines is 3. The molecule has 3 N–H and O–H groups in total. The maximum absolute atomic E-state index is 12.4. The van der Waals surface area contributed by atoms with Gasteiger partial charge in [-0.1, -0.05) is 0 Å². The van der Waals surface area contributed by atoms with Gasteiger partial charge in [0.05, 0.1) is 5.56 Å². The molecule has 1 amide bonds. The average Bonchev–Trinajstić information content (AvgIpc) is 2.40. The van der Waals surface area contributed by atoms with Gasteiger partial charge in [-0.15, -0.1) is 0 Å². The summed E-state index contributed by atoms with van der Waals surface area (Å²) in [5, 5.41) is 2.89. The number of nitrogens with one attached hydrogen (secondary N) is 1. The van der Waals surface area contributed by atoms with Crippen LogP contribution in [0.2, 0.25) is 0 Å². The van der Waals surface area contributed by atoms with E-state index in [1.165, 1.54) is 0 Å². The molecule has 2 aromatic rings. The molecule has 5 nitrogen and oxygen atoms in total. The molecule has 20 heavy (non-hydrogen) atoms. The fourth-order valence-corrected chi connectivity index (χ4v) is 1.93. The zero-order valence-corrected chi connectivity index (χ0v) is 11.8. The molecule has 5 heteroatoms. The second kappa shape index (κ2) is 5.61. The highest BCUT2D eigenvalue weighted by atomic mass is 16.1. The molecule has 0 aliphatic carbocycles. The first kappa shape index (κ1) is 13.9. The fourth-order valence-electron chi connectivity index (χ4n) is 1.93. The first-order valence-corrected chi connectivity index (χ1v) is 6.28. The van der Waals surface area contributed by atoms with Gasteiger partial charge in [0.2, 0.25) is 0 Å². The lowest BCUT2D eigenvalue weighted by molar-refractivity contribution is 0.102. The number of hydrogen-bond donors (Lipinski definition) is 2. The van der Waals surface area contributed by atoms with E-state index in [1.54, 1.807) is 30.6 Å². The van der Waals surface area contributed by atoms with Crippen molar-refractivity contribution in [3.05, 3.63) is 47.8 Å². The van der Waals surface area contributed by atoms with Gasteiger partial charge in [-0.05, 0) is 36.8 Å². The van der Waals surface area contributed by atoms with Crippen molar-refractivity contribution in [2.75, 3.05) is 30.0 Å². The summed E-state index contributed by atoms with van der Waals surface area (Å²) in [7, 11) is 3.78. The van der Waals surface area contributed by atoms with Gasteiger partial charge in [-0.3, -0.25) is 9.78 Å². The molecular weight excluding hydrogens is 252 g/mol. The summed E-state index contributed by atoms with van der Waals surface area (Å²) >= 11 is 0. The minimum absolute atomic E-state index is 0.185. The molecule has 0 aliphatic rings. The van der Waals surface area contributed by atoms with E-state index in [2.05, 4.69) is 10.3 Å². The van der Waals surface area contributed by atoms with Crippen LogP contribution in [0.15, 0.2) is 36.7 Å².